The second-order valence-electron chi connectivity index (χ2n) is 6.46. The average molecular weight is 468 g/mol. The number of halogens is 3. The third kappa shape index (κ3) is 5.76. The van der Waals surface area contributed by atoms with Gasteiger partial charge in [0.15, 0.2) is 11.8 Å². The van der Waals surface area contributed by atoms with Gasteiger partial charge in [0, 0.05) is 22.2 Å². The Morgan fingerprint density at radius 2 is 2.00 bits per heavy atom. The van der Waals surface area contributed by atoms with Crippen molar-refractivity contribution in [3.63, 3.8) is 0 Å². The van der Waals surface area contributed by atoms with E-state index in [0.29, 0.717) is 16.1 Å². The average Bonchev–Trinajstić information content (AvgIpc) is 3.26. The second kappa shape index (κ2) is 9.84. The number of rotatable bonds is 8. The summed E-state index contributed by atoms with van der Waals surface area (Å²) in [5, 5.41) is 29.9. The number of hydrogen-bond donors (Lipinski definition) is 4. The lowest BCUT2D eigenvalue weighted by atomic mass is 10.0. The van der Waals surface area contributed by atoms with E-state index in [2.05, 4.69) is 20.8 Å². The number of aromatic nitrogens is 3. The Hall–Kier alpha value is -3.05. The molecule has 2 aromatic carbocycles. The number of nitrogens with zero attached hydrogens (tertiary/aromatic N) is 3. The number of aliphatic hydroxyl groups excluding tert-OH is 1. The smallest absolute Gasteiger partial charge is 0.333 e. The van der Waals surface area contributed by atoms with Gasteiger partial charge in [-0.25, -0.2) is 14.2 Å². The van der Waals surface area contributed by atoms with Crippen LogP contribution in [0.5, 0.6) is 0 Å². The lowest BCUT2D eigenvalue weighted by Gasteiger charge is -2.24. The Morgan fingerprint density at radius 3 is 2.65 bits per heavy atom. The minimum atomic E-state index is -1.77. The zero-order chi connectivity index (χ0) is 22.5. The SMILES string of the molecule is O=C(NN(Cc1ccc(-c2cc(Cl)ccc2F)cc1Cl)CC(O)C(=O)O)c1c[nH]nn1. The number of carboxylic acid groups (broad SMARTS) is 1. The van der Waals surface area contributed by atoms with Crippen LogP contribution in [0.15, 0.2) is 42.6 Å². The van der Waals surface area contributed by atoms with Crippen molar-refractivity contribution in [2.75, 3.05) is 6.54 Å². The zero-order valence-electron chi connectivity index (χ0n) is 15.7. The highest BCUT2D eigenvalue weighted by Gasteiger charge is 2.22. The van der Waals surface area contributed by atoms with Gasteiger partial charge in [-0.05, 0) is 35.4 Å². The molecular formula is C19H16Cl2FN5O4. The van der Waals surface area contributed by atoms with Crippen LogP contribution in [0.2, 0.25) is 10.0 Å². The molecule has 0 aliphatic rings. The summed E-state index contributed by atoms with van der Waals surface area (Å²) in [4.78, 5) is 23.3. The number of nitrogens with one attached hydrogen (secondary N) is 2. The molecule has 0 saturated carbocycles. The topological polar surface area (TPSA) is 131 Å². The monoisotopic (exact) mass is 467 g/mol. The maximum atomic E-state index is 14.1. The molecule has 3 aromatic rings. The number of amides is 1. The summed E-state index contributed by atoms with van der Waals surface area (Å²) in [6.45, 7) is -0.481. The fourth-order valence-electron chi connectivity index (χ4n) is 2.72. The summed E-state index contributed by atoms with van der Waals surface area (Å²) in [5.74, 6) is -2.60. The van der Waals surface area contributed by atoms with E-state index in [1.807, 2.05) is 0 Å². The molecule has 0 radical (unpaired) electrons. The Balaban J connectivity index is 1.83. The molecule has 162 valence electrons. The first-order chi connectivity index (χ1) is 14.7. The maximum Gasteiger partial charge on any atom is 0.333 e. The number of hydrazine groups is 1. The molecule has 1 unspecified atom stereocenters. The lowest BCUT2D eigenvalue weighted by Crippen LogP contribution is -2.47. The number of benzene rings is 2. The van der Waals surface area contributed by atoms with Crippen molar-refractivity contribution in [1.82, 2.24) is 25.8 Å². The number of carbonyl (C=O) groups excluding carboxylic acids is 1. The standard InChI is InChI=1S/C19H16Cl2FN5O4/c20-12-3-4-15(22)13(6-12)10-1-2-11(14(21)5-10)8-27(9-17(28)19(30)31)25-18(29)16-7-23-26-24-16/h1-7,17,28H,8-9H2,(H,25,29)(H,30,31)(H,23,24,26). The highest BCUT2D eigenvalue weighted by molar-refractivity contribution is 6.32. The minimum Gasteiger partial charge on any atom is -0.479 e. The van der Waals surface area contributed by atoms with Crippen molar-refractivity contribution in [2.45, 2.75) is 12.6 Å². The molecule has 9 nitrogen and oxygen atoms in total. The van der Waals surface area contributed by atoms with Crippen LogP contribution in [0.25, 0.3) is 11.1 Å². The number of aromatic amines is 1. The van der Waals surface area contributed by atoms with Gasteiger partial charge in [0.2, 0.25) is 0 Å². The molecular weight excluding hydrogens is 452 g/mol. The predicted octanol–water partition coefficient (Wildman–Crippen LogP) is 2.51. The van der Waals surface area contributed by atoms with Gasteiger partial charge in [-0.1, -0.05) is 40.5 Å². The van der Waals surface area contributed by atoms with E-state index in [-0.39, 0.29) is 22.8 Å². The Labute approximate surface area is 185 Å². The molecule has 1 aromatic heterocycles. The van der Waals surface area contributed by atoms with Crippen LogP contribution in [0.1, 0.15) is 16.1 Å². The van der Waals surface area contributed by atoms with E-state index in [0.717, 1.165) is 0 Å². The van der Waals surface area contributed by atoms with Crippen molar-refractivity contribution < 1.29 is 24.2 Å². The molecule has 1 amide bonds. The number of hydrogen-bond acceptors (Lipinski definition) is 6. The summed E-state index contributed by atoms with van der Waals surface area (Å²) in [5.41, 5.74) is 3.66. The van der Waals surface area contributed by atoms with E-state index in [1.165, 1.54) is 35.5 Å². The quantitative estimate of drug-likeness (QED) is 0.374. The highest BCUT2D eigenvalue weighted by Crippen LogP contribution is 2.30. The molecule has 0 fully saturated rings. The van der Waals surface area contributed by atoms with Crippen molar-refractivity contribution in [3.05, 3.63) is 69.7 Å². The first-order valence-electron chi connectivity index (χ1n) is 8.81. The molecule has 0 bridgehead atoms. The molecule has 1 atom stereocenters. The summed E-state index contributed by atoms with van der Waals surface area (Å²) < 4.78 is 14.1. The van der Waals surface area contributed by atoms with Crippen molar-refractivity contribution in [3.8, 4) is 11.1 Å². The Bertz CT molecular complexity index is 1100. The summed E-state index contributed by atoms with van der Waals surface area (Å²) in [6.07, 6.45) is -0.515. The van der Waals surface area contributed by atoms with Crippen LogP contribution in [-0.2, 0) is 11.3 Å². The van der Waals surface area contributed by atoms with Gasteiger partial charge in [0.25, 0.3) is 5.91 Å². The highest BCUT2D eigenvalue weighted by atomic mass is 35.5. The molecule has 3 rings (SSSR count). The Morgan fingerprint density at radius 1 is 1.23 bits per heavy atom. The zero-order valence-corrected chi connectivity index (χ0v) is 17.2. The number of aliphatic carboxylic acids is 1. The molecule has 0 aliphatic carbocycles. The summed E-state index contributed by atoms with van der Waals surface area (Å²) >= 11 is 12.3. The normalized spacial score (nSPS) is 12.0. The van der Waals surface area contributed by atoms with Gasteiger partial charge >= 0.3 is 5.97 Å². The fraction of sp³-hybridized carbons (Fsp3) is 0.158. The summed E-state index contributed by atoms with van der Waals surface area (Å²) in [6, 6.07) is 8.88. The van der Waals surface area contributed by atoms with Crippen molar-refractivity contribution in [1.29, 1.82) is 0 Å². The van der Waals surface area contributed by atoms with Crippen molar-refractivity contribution >= 4 is 35.1 Å². The van der Waals surface area contributed by atoms with Crippen LogP contribution >= 0.6 is 23.2 Å². The predicted molar refractivity (Wildman–Crippen MR) is 110 cm³/mol. The third-order valence-electron chi connectivity index (χ3n) is 4.24. The van der Waals surface area contributed by atoms with Crippen molar-refractivity contribution in [2.24, 2.45) is 0 Å². The van der Waals surface area contributed by atoms with Crippen LogP contribution in [-0.4, -0.2) is 55.2 Å². The van der Waals surface area contributed by atoms with Crippen LogP contribution < -0.4 is 5.43 Å². The van der Waals surface area contributed by atoms with Crippen LogP contribution in [0.4, 0.5) is 4.39 Å². The molecule has 1 heterocycles. The molecule has 12 heteroatoms. The van der Waals surface area contributed by atoms with E-state index >= 15 is 0 Å². The van der Waals surface area contributed by atoms with Gasteiger partial charge in [-0.15, -0.1) is 5.10 Å². The fourth-order valence-corrected chi connectivity index (χ4v) is 3.13. The van der Waals surface area contributed by atoms with E-state index < -0.39 is 30.3 Å². The maximum absolute atomic E-state index is 14.1. The van der Waals surface area contributed by atoms with Gasteiger partial charge in [0.05, 0.1) is 12.7 Å². The second-order valence-corrected chi connectivity index (χ2v) is 7.31. The number of carbonyl (C=O) groups is 2. The van der Waals surface area contributed by atoms with E-state index in [4.69, 9.17) is 28.3 Å². The van der Waals surface area contributed by atoms with Gasteiger partial charge in [-0.2, -0.15) is 0 Å². The van der Waals surface area contributed by atoms with Crippen LogP contribution in [0.3, 0.4) is 0 Å². The Kier molecular flexibility index (Phi) is 7.18. The molecule has 0 spiro atoms. The number of H-pyrrole nitrogens is 1. The number of aliphatic hydroxyl groups is 1. The minimum absolute atomic E-state index is 0.0345. The van der Waals surface area contributed by atoms with E-state index in [9.17, 15) is 19.1 Å². The molecule has 31 heavy (non-hydrogen) atoms. The first-order valence-corrected chi connectivity index (χ1v) is 9.57. The largest absolute Gasteiger partial charge is 0.479 e. The van der Waals surface area contributed by atoms with Gasteiger partial charge in [0.1, 0.15) is 5.82 Å². The van der Waals surface area contributed by atoms with Gasteiger partial charge in [-0.3, -0.25) is 15.3 Å². The molecule has 0 saturated heterocycles. The molecule has 4 N–H and O–H groups in total. The van der Waals surface area contributed by atoms with E-state index in [1.54, 1.807) is 12.1 Å². The first kappa shape index (κ1) is 22.6. The van der Waals surface area contributed by atoms with Gasteiger partial charge < -0.3 is 10.2 Å². The number of carboxylic acids is 1. The van der Waals surface area contributed by atoms with Crippen LogP contribution in [0, 0.1) is 5.82 Å². The summed E-state index contributed by atoms with van der Waals surface area (Å²) in [7, 11) is 0. The lowest BCUT2D eigenvalue weighted by molar-refractivity contribution is -0.148. The molecule has 0 aliphatic heterocycles. The third-order valence-corrected chi connectivity index (χ3v) is 4.83.